The van der Waals surface area contributed by atoms with Crippen molar-refractivity contribution in [2.75, 3.05) is 0 Å². The summed E-state index contributed by atoms with van der Waals surface area (Å²) >= 11 is -7.16. The predicted octanol–water partition coefficient (Wildman–Crippen LogP) is 24.7. The molecule has 0 atom stereocenters. The topological polar surface area (TPSA) is 29.6 Å². The van der Waals surface area contributed by atoms with E-state index in [0.29, 0.717) is 0 Å². The van der Waals surface area contributed by atoms with Crippen LogP contribution in [0.15, 0.2) is 497 Å². The third-order valence-corrected chi connectivity index (χ3v) is 50.9. The molecule has 26 aromatic rings. The number of hydrogen-bond donors (Lipinski definition) is 0. The molecule has 0 amide bonds. The van der Waals surface area contributed by atoms with Crippen molar-refractivity contribution in [3.8, 4) is 34.1 Å². The first-order valence-corrected chi connectivity index (χ1v) is 54.1. The van der Waals surface area contributed by atoms with Gasteiger partial charge < -0.3 is 9.13 Å². The van der Waals surface area contributed by atoms with E-state index in [1.165, 1.54) is 163 Å². The Morgan fingerprint density at radius 3 is 0.531 bits per heavy atom. The van der Waals surface area contributed by atoms with E-state index in [4.69, 9.17) is 0 Å². The molecule has 0 radical (unpaired) electrons. The van der Waals surface area contributed by atoms with Gasteiger partial charge in [0.15, 0.2) is 0 Å². The fourth-order valence-corrected chi connectivity index (χ4v) is 45.3. The maximum absolute atomic E-state index is 3.75. The minimum absolute atomic E-state index is 1.15. The van der Waals surface area contributed by atoms with Crippen LogP contribution in [-0.2, 0) is 0 Å². The van der Waals surface area contributed by atoms with Crippen LogP contribution in [0.1, 0.15) is 0 Å². The summed E-state index contributed by atoms with van der Waals surface area (Å²) in [4.78, 5) is 0. The van der Waals surface area contributed by atoms with Gasteiger partial charge in [0.05, 0.1) is 22.1 Å². The minimum atomic E-state index is -3.75. The second-order valence-corrected chi connectivity index (χ2v) is 52.6. The molecule has 0 fully saturated rings. The Kier molecular flexibility index (Phi) is 18.0. The fraction of sp³-hybridized carbons (Fsp3) is 0. The molecule has 0 saturated heterocycles. The third kappa shape index (κ3) is 11.7. The zero-order chi connectivity index (χ0) is 84.4. The average Bonchev–Trinajstić information content (AvgIpc) is 0.975. The molecule has 6 nitrogen and oxygen atoms in total. The van der Waals surface area contributed by atoms with Gasteiger partial charge in [-0.05, 0) is 48.5 Å². The van der Waals surface area contributed by atoms with E-state index < -0.39 is 31.6 Å². The number of para-hydroxylation sites is 8. The average molecular weight is 1800 g/mol. The van der Waals surface area contributed by atoms with Crippen molar-refractivity contribution in [1.29, 1.82) is 0 Å². The summed E-state index contributed by atoms with van der Waals surface area (Å²) in [5.41, 5.74) is 21.3. The molecule has 20 aromatic carbocycles. The molecular weight excluding hydrogens is 1720 g/mol. The SMILES string of the molecule is c1cc[c]([Ge]([c]2ccccc2)([c]2ccccc2)[c]2ccc(-n3c4ccccc4c4cc(-n5c6ccccc6c6cc(-n7c8ccccc8c8ccccc87)ccc65)ccc43)cc2)cc1.c1cc[c]([Sn]([c]2ccccc2)([c]2ccccc2)[c]2ccc(-n3c4ccccc4c4cc(-n5c6ccccc6c6cc(-n7c8ccccc8c8ccccc87)ccc65)ccc43)cc2)cc1. The van der Waals surface area contributed by atoms with Gasteiger partial charge in [0.25, 0.3) is 0 Å². The predicted molar refractivity (Wildman–Crippen MR) is 546 cm³/mol. The van der Waals surface area contributed by atoms with Gasteiger partial charge in [0.1, 0.15) is 0 Å². The molecule has 128 heavy (non-hydrogen) atoms. The first-order valence-electron chi connectivity index (χ1n) is 44.2. The summed E-state index contributed by atoms with van der Waals surface area (Å²) in [6, 6.07) is 185. The van der Waals surface area contributed by atoms with Crippen LogP contribution >= 0.6 is 0 Å². The first-order chi connectivity index (χ1) is 63.5. The number of nitrogens with zero attached hydrogens (tertiary/aromatic N) is 6. The van der Waals surface area contributed by atoms with Crippen molar-refractivity contribution < 1.29 is 0 Å². The molecule has 0 saturated carbocycles. The third-order valence-electron chi connectivity index (χ3n) is 27.2. The van der Waals surface area contributed by atoms with E-state index in [1.807, 2.05) is 0 Å². The molecule has 26 rings (SSSR count). The van der Waals surface area contributed by atoms with Crippen LogP contribution in [0.2, 0.25) is 0 Å². The summed E-state index contributed by atoms with van der Waals surface area (Å²) in [5, 5.41) is 15.0. The van der Waals surface area contributed by atoms with Crippen LogP contribution in [0.5, 0.6) is 0 Å². The monoisotopic (exact) mass is 1800 g/mol. The van der Waals surface area contributed by atoms with E-state index in [-0.39, 0.29) is 0 Å². The fourth-order valence-electron chi connectivity index (χ4n) is 21.8. The van der Waals surface area contributed by atoms with Crippen LogP contribution in [0.4, 0.5) is 0 Å². The van der Waals surface area contributed by atoms with Crippen molar-refractivity contribution in [2.24, 2.45) is 0 Å². The quantitative estimate of drug-likeness (QED) is 0.0972. The molecule has 0 aliphatic heterocycles. The van der Waals surface area contributed by atoms with Gasteiger partial charge in [0, 0.05) is 32.9 Å². The molecule has 600 valence electrons. The molecule has 6 heterocycles. The molecule has 0 N–H and O–H groups in total. The Labute approximate surface area is 747 Å². The number of fused-ring (bicyclic) bond motifs is 18. The van der Waals surface area contributed by atoms with Crippen molar-refractivity contribution in [1.82, 2.24) is 27.4 Å². The zero-order valence-electron chi connectivity index (χ0n) is 70.0. The van der Waals surface area contributed by atoms with Gasteiger partial charge >= 0.3 is 532 Å². The van der Waals surface area contributed by atoms with Gasteiger partial charge in [-0.2, -0.15) is 0 Å². The Morgan fingerprint density at radius 1 is 0.125 bits per heavy atom. The zero-order valence-corrected chi connectivity index (χ0v) is 75.0. The molecule has 0 aliphatic rings. The van der Waals surface area contributed by atoms with Crippen molar-refractivity contribution in [3.05, 3.63) is 497 Å². The number of benzene rings is 20. The molecule has 8 heteroatoms. The van der Waals surface area contributed by atoms with E-state index in [1.54, 1.807) is 0 Å². The maximum atomic E-state index is 2.45. The second-order valence-electron chi connectivity index (χ2n) is 33.7. The van der Waals surface area contributed by atoms with Crippen LogP contribution < -0.4 is 31.9 Å². The van der Waals surface area contributed by atoms with Gasteiger partial charge in [0.2, 0.25) is 0 Å². The number of aromatic nitrogens is 6. The Balaban J connectivity index is 0.000000139. The van der Waals surface area contributed by atoms with E-state index in [2.05, 4.69) is 525 Å². The first kappa shape index (κ1) is 75.1. The van der Waals surface area contributed by atoms with Crippen LogP contribution in [0.25, 0.3) is 165 Å². The van der Waals surface area contributed by atoms with Crippen LogP contribution in [-0.4, -0.2) is 59.0 Å². The van der Waals surface area contributed by atoms with Gasteiger partial charge in [-0.25, -0.2) is 0 Å². The summed E-state index contributed by atoms with van der Waals surface area (Å²) in [7, 11) is 0. The van der Waals surface area contributed by atoms with Crippen molar-refractivity contribution in [2.45, 2.75) is 0 Å². The molecule has 0 unspecified atom stereocenters. The van der Waals surface area contributed by atoms with Crippen LogP contribution in [0, 0.1) is 0 Å². The molecule has 0 spiro atoms. The Morgan fingerprint density at radius 2 is 0.289 bits per heavy atom. The summed E-state index contributed by atoms with van der Waals surface area (Å²) in [6.07, 6.45) is 0. The van der Waals surface area contributed by atoms with E-state index in [0.717, 1.165) is 34.1 Å². The second kappa shape index (κ2) is 30.7. The van der Waals surface area contributed by atoms with Gasteiger partial charge in [-0.15, -0.1) is 0 Å². The Hall–Kier alpha value is -15.5. The number of rotatable bonds is 14. The molecular formula is C120H82GeN6Sn. The summed E-state index contributed by atoms with van der Waals surface area (Å²) < 4.78 is 26.1. The Bertz CT molecular complexity index is 7980. The normalized spacial score (nSPS) is 12.1. The standard InChI is InChI=1S/C60H41GeN3.C42H26N3.3C6H5.Sn/c1-4-18-42(19-5-1)61(43-20-6-2-7-21-43,44-22-8-3-9-23-44)45-32-34-46(35-33-45)62-57-30-16-12-26-51(57)53-41-48(36-38-59(53)62)64-58-31-17-13-27-52(58)54-40-47(37-39-60(54)64)63-55-28-14-10-24-49(55)50-25-11-15-29-56(50)63;1-2-12-28(13-3-1)43-39-20-10-6-16-33(39)35-27-30(22-24-41(35)43)45-40-21-11-7-17-34(40)36-26-29(23-25-42(36)45)44-37-18-8-4-14-31(37)32-15-5-9-19-38(32)44;3*1-2-4-6-5-3-1;/h1-41H;2-27H;3*1-5H;. The van der Waals surface area contributed by atoms with E-state index in [9.17, 15) is 0 Å². The molecule has 0 aliphatic carbocycles. The number of hydrogen-bond acceptors (Lipinski definition) is 0. The van der Waals surface area contributed by atoms with Gasteiger partial charge in [-0.1, -0.05) is 109 Å². The van der Waals surface area contributed by atoms with E-state index >= 15 is 0 Å². The van der Waals surface area contributed by atoms with Crippen LogP contribution in [0.3, 0.4) is 0 Å². The molecule has 0 bridgehead atoms. The van der Waals surface area contributed by atoms with Crippen molar-refractivity contribution in [3.63, 3.8) is 0 Å². The van der Waals surface area contributed by atoms with Crippen molar-refractivity contribution >= 4 is 194 Å². The molecule has 6 aromatic heterocycles. The summed E-state index contributed by atoms with van der Waals surface area (Å²) in [5.74, 6) is 0. The van der Waals surface area contributed by atoms with Gasteiger partial charge in [-0.3, -0.25) is 0 Å². The summed E-state index contributed by atoms with van der Waals surface area (Å²) in [6.45, 7) is 0.